The number of hydrogen-bond acceptors (Lipinski definition) is 6. The van der Waals surface area contributed by atoms with Crippen molar-refractivity contribution >= 4 is 27.3 Å². The first-order valence-corrected chi connectivity index (χ1v) is 14.8. The number of carbonyl (C=O) groups excluding carboxylic acids is 1. The Balaban J connectivity index is 1.60. The maximum Gasteiger partial charge on any atom is 0.243 e. The van der Waals surface area contributed by atoms with Crippen LogP contribution in [-0.4, -0.2) is 56.4 Å². The minimum absolute atomic E-state index is 0.195. The van der Waals surface area contributed by atoms with Crippen molar-refractivity contribution in [2.45, 2.75) is 50.6 Å². The first-order chi connectivity index (χ1) is 17.8. The molecule has 7 nitrogen and oxygen atoms in total. The summed E-state index contributed by atoms with van der Waals surface area (Å²) < 4.78 is 40.1. The van der Waals surface area contributed by atoms with Crippen LogP contribution < -0.4 is 9.47 Å². The SMILES string of the molecule is CC[C@@H](C)N(CC(=O)N1CCc2sccc2[C@@H]1COc1ccccc1OC)S(=O)(=O)c1ccc(C)cc1. The second-order valence-electron chi connectivity index (χ2n) is 9.23. The molecular formula is C28H34N2O5S2. The molecule has 0 radical (unpaired) electrons. The summed E-state index contributed by atoms with van der Waals surface area (Å²) in [6, 6.07) is 15.5. The van der Waals surface area contributed by atoms with Crippen molar-refractivity contribution in [2.75, 3.05) is 26.8 Å². The number of thiophene rings is 1. The fourth-order valence-electron chi connectivity index (χ4n) is 4.53. The van der Waals surface area contributed by atoms with Gasteiger partial charge in [0.15, 0.2) is 11.5 Å². The molecule has 2 atom stereocenters. The number of sulfonamides is 1. The molecule has 0 unspecified atom stereocenters. The molecule has 0 spiro atoms. The van der Waals surface area contributed by atoms with Gasteiger partial charge in [0.2, 0.25) is 15.9 Å². The van der Waals surface area contributed by atoms with Gasteiger partial charge in [-0.15, -0.1) is 11.3 Å². The van der Waals surface area contributed by atoms with Crippen molar-refractivity contribution in [3.05, 3.63) is 76.0 Å². The highest BCUT2D eigenvalue weighted by molar-refractivity contribution is 7.89. The summed E-state index contributed by atoms with van der Waals surface area (Å²) >= 11 is 1.67. The third-order valence-electron chi connectivity index (χ3n) is 6.88. The Morgan fingerprint density at radius 2 is 1.84 bits per heavy atom. The highest BCUT2D eigenvalue weighted by Crippen LogP contribution is 2.35. The topological polar surface area (TPSA) is 76.2 Å². The van der Waals surface area contributed by atoms with Gasteiger partial charge in [0.05, 0.1) is 24.6 Å². The second kappa shape index (κ2) is 11.7. The second-order valence-corrected chi connectivity index (χ2v) is 12.1. The van der Waals surface area contributed by atoms with Crippen molar-refractivity contribution in [1.29, 1.82) is 0 Å². The largest absolute Gasteiger partial charge is 0.493 e. The van der Waals surface area contributed by atoms with Crippen molar-refractivity contribution in [3.63, 3.8) is 0 Å². The highest BCUT2D eigenvalue weighted by atomic mass is 32.2. The maximum atomic E-state index is 13.8. The van der Waals surface area contributed by atoms with Gasteiger partial charge in [0.1, 0.15) is 6.61 Å². The third-order valence-corrected chi connectivity index (χ3v) is 9.85. The number of fused-ring (bicyclic) bond motifs is 1. The molecule has 4 rings (SSSR count). The van der Waals surface area contributed by atoms with Crippen LogP contribution in [0.2, 0.25) is 0 Å². The monoisotopic (exact) mass is 542 g/mol. The van der Waals surface area contributed by atoms with E-state index >= 15 is 0 Å². The molecule has 2 aromatic carbocycles. The molecule has 0 aliphatic carbocycles. The first-order valence-electron chi connectivity index (χ1n) is 12.5. The van der Waals surface area contributed by atoms with Crippen molar-refractivity contribution in [3.8, 4) is 11.5 Å². The molecule has 3 aromatic rings. The van der Waals surface area contributed by atoms with Crippen LogP contribution in [0.25, 0.3) is 0 Å². The van der Waals surface area contributed by atoms with Gasteiger partial charge in [-0.3, -0.25) is 4.79 Å². The molecule has 1 aromatic heterocycles. The van der Waals surface area contributed by atoms with Gasteiger partial charge < -0.3 is 14.4 Å². The van der Waals surface area contributed by atoms with Gasteiger partial charge in [0, 0.05) is 17.5 Å². The van der Waals surface area contributed by atoms with E-state index in [1.807, 2.05) is 56.5 Å². The van der Waals surface area contributed by atoms with E-state index in [0.717, 1.165) is 17.5 Å². The van der Waals surface area contributed by atoms with E-state index in [2.05, 4.69) is 0 Å². The van der Waals surface area contributed by atoms with Crippen LogP contribution in [-0.2, 0) is 21.2 Å². The fraction of sp³-hybridized carbons (Fsp3) is 0.393. The number of hydrogen-bond donors (Lipinski definition) is 0. The summed E-state index contributed by atoms with van der Waals surface area (Å²) in [4.78, 5) is 17.0. The molecule has 0 saturated carbocycles. The summed E-state index contributed by atoms with van der Waals surface area (Å²) in [7, 11) is -2.26. The molecule has 0 bridgehead atoms. The number of nitrogens with zero attached hydrogens (tertiary/aromatic N) is 2. The molecular weight excluding hydrogens is 508 g/mol. The summed E-state index contributed by atoms with van der Waals surface area (Å²) in [6.07, 6.45) is 1.32. The zero-order chi connectivity index (χ0) is 26.6. The van der Waals surface area contributed by atoms with Crippen LogP contribution in [0.3, 0.4) is 0 Å². The van der Waals surface area contributed by atoms with E-state index in [4.69, 9.17) is 9.47 Å². The normalized spacial score (nSPS) is 16.4. The minimum atomic E-state index is -3.85. The van der Waals surface area contributed by atoms with Crippen LogP contribution in [0.4, 0.5) is 0 Å². The predicted octanol–water partition coefficient (Wildman–Crippen LogP) is 5.06. The van der Waals surface area contributed by atoms with Gasteiger partial charge >= 0.3 is 0 Å². The first kappa shape index (κ1) is 27.2. The molecule has 198 valence electrons. The zero-order valence-corrected chi connectivity index (χ0v) is 23.3. The maximum absolute atomic E-state index is 13.8. The van der Waals surface area contributed by atoms with Gasteiger partial charge in [-0.25, -0.2) is 8.42 Å². The molecule has 1 aliphatic heterocycles. The number of aryl methyl sites for hydroxylation is 1. The van der Waals surface area contributed by atoms with Crippen LogP contribution >= 0.6 is 11.3 Å². The van der Waals surface area contributed by atoms with Gasteiger partial charge in [-0.05, 0) is 68.0 Å². The molecule has 2 heterocycles. The summed E-state index contributed by atoms with van der Waals surface area (Å²) in [6.45, 7) is 6.20. The Morgan fingerprint density at radius 3 is 2.51 bits per heavy atom. The van der Waals surface area contributed by atoms with E-state index in [9.17, 15) is 13.2 Å². The summed E-state index contributed by atoms with van der Waals surface area (Å²) in [5, 5.41) is 2.03. The van der Waals surface area contributed by atoms with E-state index < -0.39 is 10.0 Å². The molecule has 1 amide bonds. The smallest absolute Gasteiger partial charge is 0.243 e. The Morgan fingerprint density at radius 1 is 1.14 bits per heavy atom. The summed E-state index contributed by atoms with van der Waals surface area (Å²) in [5.41, 5.74) is 2.03. The predicted molar refractivity (Wildman–Crippen MR) is 146 cm³/mol. The van der Waals surface area contributed by atoms with Crippen LogP contribution in [0.5, 0.6) is 11.5 Å². The molecule has 0 fully saturated rings. The lowest BCUT2D eigenvalue weighted by Gasteiger charge is -2.37. The number of carbonyl (C=O) groups is 1. The standard InChI is InChI=1S/C28H34N2O5S2/c1-5-21(3)30(37(32,33)22-12-10-20(2)11-13-22)18-28(31)29-16-14-27-23(15-17-36-27)24(29)19-35-26-9-7-6-8-25(26)34-4/h6-13,15,17,21,24H,5,14,16,18-19H2,1-4H3/t21-,24+/m1/s1. The number of para-hydroxylation sites is 2. The van der Waals surface area contributed by atoms with Gasteiger partial charge in [-0.1, -0.05) is 36.8 Å². The molecule has 0 N–H and O–H groups in total. The zero-order valence-electron chi connectivity index (χ0n) is 21.7. The van der Waals surface area contributed by atoms with Crippen molar-refractivity contribution < 1.29 is 22.7 Å². The van der Waals surface area contributed by atoms with E-state index in [1.165, 1.54) is 9.18 Å². The van der Waals surface area contributed by atoms with Crippen LogP contribution in [0.15, 0.2) is 64.9 Å². The lowest BCUT2D eigenvalue weighted by molar-refractivity contribution is -0.135. The quantitative estimate of drug-likeness (QED) is 0.358. The lowest BCUT2D eigenvalue weighted by atomic mass is 10.0. The number of benzene rings is 2. The Hall–Kier alpha value is -2.88. The molecule has 37 heavy (non-hydrogen) atoms. The van der Waals surface area contributed by atoms with Crippen molar-refractivity contribution in [2.24, 2.45) is 0 Å². The van der Waals surface area contributed by atoms with Crippen molar-refractivity contribution in [1.82, 2.24) is 9.21 Å². The van der Waals surface area contributed by atoms with Gasteiger partial charge in [0.25, 0.3) is 0 Å². The average Bonchev–Trinajstić information content (AvgIpc) is 3.39. The fourth-order valence-corrected chi connectivity index (χ4v) is 7.11. The van der Waals surface area contributed by atoms with Crippen LogP contribution in [0, 0.1) is 6.92 Å². The van der Waals surface area contributed by atoms with Crippen LogP contribution in [0.1, 0.15) is 42.3 Å². The number of ether oxygens (including phenoxy) is 2. The average molecular weight is 543 g/mol. The van der Waals surface area contributed by atoms with E-state index in [-0.39, 0.29) is 36.0 Å². The number of amides is 1. The third kappa shape index (κ3) is 5.84. The number of methoxy groups -OCH3 is 1. The van der Waals surface area contributed by atoms with Gasteiger partial charge in [-0.2, -0.15) is 4.31 Å². The highest BCUT2D eigenvalue weighted by Gasteiger charge is 2.36. The number of rotatable bonds is 10. The lowest BCUT2D eigenvalue weighted by Crippen LogP contribution is -2.49. The molecule has 1 aliphatic rings. The Labute approximate surface area is 223 Å². The Bertz CT molecular complexity index is 1320. The molecule has 9 heteroatoms. The molecule has 0 saturated heterocycles. The Kier molecular flexibility index (Phi) is 8.56. The summed E-state index contributed by atoms with van der Waals surface area (Å²) in [5.74, 6) is 0.985. The van der Waals surface area contributed by atoms with E-state index in [0.29, 0.717) is 24.5 Å². The van der Waals surface area contributed by atoms with E-state index in [1.54, 1.807) is 47.6 Å². The minimum Gasteiger partial charge on any atom is -0.493 e.